The highest BCUT2D eigenvalue weighted by molar-refractivity contribution is 5.77. The molecule has 0 spiro atoms. The number of rotatable bonds is 5. The average Bonchev–Trinajstić information content (AvgIpc) is 2.26. The standard InChI is InChI=1S/C12H22O4/c1-9(2)10-3-5-12(6-4-10,11(14)15)16-8-7-13/h9-10,13H,3-8H2,1-2H3,(H,14,15). The monoisotopic (exact) mass is 230 g/mol. The highest BCUT2D eigenvalue weighted by Crippen LogP contribution is 2.38. The predicted octanol–water partition coefficient (Wildman–Crippen LogP) is 1.66. The van der Waals surface area contributed by atoms with Crippen molar-refractivity contribution >= 4 is 5.97 Å². The Morgan fingerprint density at radius 2 is 2.00 bits per heavy atom. The van der Waals surface area contributed by atoms with Crippen molar-refractivity contribution in [2.24, 2.45) is 11.8 Å². The van der Waals surface area contributed by atoms with Crippen LogP contribution in [0.2, 0.25) is 0 Å². The van der Waals surface area contributed by atoms with Crippen molar-refractivity contribution in [1.29, 1.82) is 0 Å². The molecule has 2 N–H and O–H groups in total. The lowest BCUT2D eigenvalue weighted by atomic mass is 9.74. The Balaban J connectivity index is 2.59. The highest BCUT2D eigenvalue weighted by Gasteiger charge is 2.43. The van der Waals surface area contributed by atoms with Crippen LogP contribution in [0, 0.1) is 11.8 Å². The zero-order valence-corrected chi connectivity index (χ0v) is 10.1. The first-order chi connectivity index (χ1) is 7.52. The zero-order valence-electron chi connectivity index (χ0n) is 10.1. The molecule has 0 bridgehead atoms. The third-order valence-corrected chi connectivity index (χ3v) is 3.64. The minimum Gasteiger partial charge on any atom is -0.479 e. The van der Waals surface area contributed by atoms with E-state index in [4.69, 9.17) is 9.84 Å². The number of aliphatic hydroxyl groups is 1. The molecule has 0 aliphatic heterocycles. The second kappa shape index (κ2) is 5.64. The van der Waals surface area contributed by atoms with Crippen LogP contribution in [0.15, 0.2) is 0 Å². The molecule has 0 aromatic heterocycles. The van der Waals surface area contributed by atoms with Gasteiger partial charge in [0.05, 0.1) is 13.2 Å². The van der Waals surface area contributed by atoms with Gasteiger partial charge in [0, 0.05) is 0 Å². The van der Waals surface area contributed by atoms with Gasteiger partial charge in [-0.3, -0.25) is 0 Å². The first-order valence-electron chi connectivity index (χ1n) is 6.00. The second-order valence-electron chi connectivity index (χ2n) is 4.95. The predicted molar refractivity (Wildman–Crippen MR) is 60.2 cm³/mol. The van der Waals surface area contributed by atoms with E-state index in [1.54, 1.807) is 0 Å². The normalized spacial score (nSPS) is 30.6. The van der Waals surface area contributed by atoms with E-state index in [2.05, 4.69) is 13.8 Å². The smallest absolute Gasteiger partial charge is 0.335 e. The molecule has 0 heterocycles. The molecule has 16 heavy (non-hydrogen) atoms. The number of hydrogen-bond donors (Lipinski definition) is 2. The molecule has 0 unspecified atom stereocenters. The zero-order chi connectivity index (χ0) is 12.2. The lowest BCUT2D eigenvalue weighted by molar-refractivity contribution is -0.174. The topological polar surface area (TPSA) is 66.8 Å². The van der Waals surface area contributed by atoms with Gasteiger partial charge in [0.15, 0.2) is 5.60 Å². The van der Waals surface area contributed by atoms with E-state index in [1.165, 1.54) is 0 Å². The van der Waals surface area contributed by atoms with Crippen molar-refractivity contribution in [3.8, 4) is 0 Å². The molecule has 1 rings (SSSR count). The highest BCUT2D eigenvalue weighted by atomic mass is 16.5. The molecule has 0 aromatic rings. The number of aliphatic carboxylic acids is 1. The van der Waals surface area contributed by atoms with Gasteiger partial charge in [0.2, 0.25) is 0 Å². The molecule has 1 fully saturated rings. The van der Waals surface area contributed by atoms with E-state index in [0.717, 1.165) is 12.8 Å². The molecule has 0 aromatic carbocycles. The molecule has 94 valence electrons. The van der Waals surface area contributed by atoms with Crippen LogP contribution in [0.1, 0.15) is 39.5 Å². The molecule has 1 aliphatic rings. The molecular weight excluding hydrogens is 208 g/mol. The minimum atomic E-state index is -1.05. The third-order valence-electron chi connectivity index (χ3n) is 3.64. The minimum absolute atomic E-state index is 0.110. The van der Waals surface area contributed by atoms with Crippen molar-refractivity contribution < 1.29 is 19.7 Å². The fourth-order valence-electron chi connectivity index (χ4n) is 2.43. The van der Waals surface area contributed by atoms with Crippen LogP contribution in [0.25, 0.3) is 0 Å². The van der Waals surface area contributed by atoms with Gasteiger partial charge in [-0.25, -0.2) is 4.79 Å². The summed E-state index contributed by atoms with van der Waals surface area (Å²) in [6.07, 6.45) is 2.92. The molecule has 0 radical (unpaired) electrons. The van der Waals surface area contributed by atoms with Crippen LogP contribution in [0.4, 0.5) is 0 Å². The fraction of sp³-hybridized carbons (Fsp3) is 0.917. The number of aliphatic hydroxyl groups excluding tert-OH is 1. The fourth-order valence-corrected chi connectivity index (χ4v) is 2.43. The van der Waals surface area contributed by atoms with Gasteiger partial charge in [-0.15, -0.1) is 0 Å². The van der Waals surface area contributed by atoms with Gasteiger partial charge in [-0.05, 0) is 37.5 Å². The van der Waals surface area contributed by atoms with Crippen molar-refractivity contribution in [1.82, 2.24) is 0 Å². The summed E-state index contributed by atoms with van der Waals surface area (Å²) in [6, 6.07) is 0. The molecular formula is C12H22O4. The Morgan fingerprint density at radius 3 is 2.38 bits per heavy atom. The number of carbonyl (C=O) groups is 1. The lowest BCUT2D eigenvalue weighted by Crippen LogP contribution is -2.45. The van der Waals surface area contributed by atoms with Gasteiger partial charge in [-0.1, -0.05) is 13.8 Å². The van der Waals surface area contributed by atoms with Crippen molar-refractivity contribution in [3.05, 3.63) is 0 Å². The molecule has 0 atom stereocenters. The summed E-state index contributed by atoms with van der Waals surface area (Å²) in [5, 5.41) is 17.9. The van der Waals surface area contributed by atoms with E-state index < -0.39 is 11.6 Å². The van der Waals surface area contributed by atoms with Crippen molar-refractivity contribution in [2.75, 3.05) is 13.2 Å². The summed E-state index contributed by atoms with van der Waals surface area (Å²) in [6.45, 7) is 4.33. The summed E-state index contributed by atoms with van der Waals surface area (Å²) >= 11 is 0. The summed E-state index contributed by atoms with van der Waals surface area (Å²) in [5.41, 5.74) is -1.05. The molecule has 1 saturated carbocycles. The van der Waals surface area contributed by atoms with E-state index in [9.17, 15) is 9.90 Å². The first-order valence-corrected chi connectivity index (χ1v) is 6.00. The molecule has 0 saturated heterocycles. The first kappa shape index (κ1) is 13.5. The SMILES string of the molecule is CC(C)C1CCC(OCCO)(C(=O)O)CC1. The number of carboxylic acid groups (broad SMARTS) is 1. The van der Waals surface area contributed by atoms with Crippen LogP contribution in [0.5, 0.6) is 0 Å². The van der Waals surface area contributed by atoms with E-state index in [0.29, 0.717) is 24.7 Å². The van der Waals surface area contributed by atoms with Gasteiger partial charge in [-0.2, -0.15) is 0 Å². The lowest BCUT2D eigenvalue weighted by Gasteiger charge is -2.37. The van der Waals surface area contributed by atoms with E-state index in [1.807, 2.05) is 0 Å². The Hall–Kier alpha value is -0.610. The maximum Gasteiger partial charge on any atom is 0.335 e. The Labute approximate surface area is 96.6 Å². The second-order valence-corrected chi connectivity index (χ2v) is 4.95. The van der Waals surface area contributed by atoms with Crippen LogP contribution in [-0.2, 0) is 9.53 Å². The summed E-state index contributed by atoms with van der Waals surface area (Å²) < 4.78 is 5.36. The van der Waals surface area contributed by atoms with Crippen LogP contribution in [0.3, 0.4) is 0 Å². The van der Waals surface area contributed by atoms with Crippen LogP contribution >= 0.6 is 0 Å². The van der Waals surface area contributed by atoms with Crippen molar-refractivity contribution in [2.45, 2.75) is 45.1 Å². The van der Waals surface area contributed by atoms with Crippen LogP contribution in [-0.4, -0.2) is 35.0 Å². The summed E-state index contributed by atoms with van der Waals surface area (Å²) in [7, 11) is 0. The molecule has 0 amide bonds. The Morgan fingerprint density at radius 1 is 1.44 bits per heavy atom. The Kier molecular flexibility index (Phi) is 4.74. The van der Waals surface area contributed by atoms with Crippen molar-refractivity contribution in [3.63, 3.8) is 0 Å². The number of carboxylic acids is 1. The van der Waals surface area contributed by atoms with Crippen LogP contribution < -0.4 is 0 Å². The summed E-state index contributed by atoms with van der Waals surface area (Å²) in [5.74, 6) is 0.318. The maximum atomic E-state index is 11.3. The Bertz CT molecular complexity index is 229. The van der Waals surface area contributed by atoms with E-state index in [-0.39, 0.29) is 13.2 Å². The van der Waals surface area contributed by atoms with Gasteiger partial charge in [0.1, 0.15) is 0 Å². The number of ether oxygens (including phenoxy) is 1. The van der Waals surface area contributed by atoms with Gasteiger partial charge in [0.25, 0.3) is 0 Å². The molecule has 4 heteroatoms. The summed E-state index contributed by atoms with van der Waals surface area (Å²) in [4.78, 5) is 11.3. The molecule has 1 aliphatic carbocycles. The molecule has 4 nitrogen and oxygen atoms in total. The third kappa shape index (κ3) is 2.95. The quantitative estimate of drug-likeness (QED) is 0.754. The van der Waals surface area contributed by atoms with E-state index >= 15 is 0 Å². The maximum absolute atomic E-state index is 11.3. The number of hydrogen-bond acceptors (Lipinski definition) is 3. The largest absolute Gasteiger partial charge is 0.479 e. The van der Waals surface area contributed by atoms with Gasteiger partial charge >= 0.3 is 5.97 Å². The van der Waals surface area contributed by atoms with Gasteiger partial charge < -0.3 is 14.9 Å². The average molecular weight is 230 g/mol.